The van der Waals surface area contributed by atoms with E-state index < -0.39 is 17.5 Å². The highest BCUT2D eigenvalue weighted by molar-refractivity contribution is 6.03. The molecule has 28 heavy (non-hydrogen) atoms. The Morgan fingerprint density at radius 2 is 1.86 bits per heavy atom. The van der Waals surface area contributed by atoms with Crippen LogP contribution in [0.3, 0.4) is 0 Å². The summed E-state index contributed by atoms with van der Waals surface area (Å²) in [5.74, 6) is -2.26. The average molecular weight is 385 g/mol. The van der Waals surface area contributed by atoms with Crippen molar-refractivity contribution >= 4 is 17.4 Å². The second-order valence-corrected chi connectivity index (χ2v) is 6.68. The van der Waals surface area contributed by atoms with Crippen LogP contribution in [0.5, 0.6) is 5.75 Å². The van der Waals surface area contributed by atoms with Gasteiger partial charge in [-0.2, -0.15) is 4.99 Å². The van der Waals surface area contributed by atoms with Crippen LogP contribution in [0.15, 0.2) is 57.6 Å². The molecule has 3 rings (SSSR count). The maximum atomic E-state index is 14.8. The monoisotopic (exact) mass is 385 g/mol. The molecule has 1 aromatic rings. The van der Waals surface area contributed by atoms with Crippen molar-refractivity contribution in [3.8, 4) is 5.75 Å². The summed E-state index contributed by atoms with van der Waals surface area (Å²) >= 11 is 0. The molecular weight excluding hydrogens is 364 g/mol. The van der Waals surface area contributed by atoms with Crippen molar-refractivity contribution < 1.29 is 18.3 Å². The number of ether oxygens (including phenoxy) is 1. The molecule has 0 spiro atoms. The standard InChI is InChI=1S/C21H21F2N3O2/c1-11-6-7-12-4-3-5-13(20(27)26-21(24)25)8-15(12)18(11)19-16(22)9-14(28-2)10-17(19)23/h3-4,8-10H,5-7H2,1-2H3,(H4,24,25,26,27). The van der Waals surface area contributed by atoms with Gasteiger partial charge < -0.3 is 16.2 Å². The van der Waals surface area contributed by atoms with Crippen LogP contribution in [0.25, 0.3) is 5.57 Å². The smallest absolute Gasteiger partial charge is 0.276 e. The number of nitrogens with two attached hydrogens (primary N) is 2. The molecule has 0 unspecified atom stereocenters. The molecule has 0 fully saturated rings. The first kappa shape index (κ1) is 19.5. The van der Waals surface area contributed by atoms with Crippen LogP contribution in [-0.2, 0) is 4.79 Å². The lowest BCUT2D eigenvalue weighted by atomic mass is 9.81. The number of allylic oxidation sites excluding steroid dienone is 7. The fourth-order valence-electron chi connectivity index (χ4n) is 3.46. The predicted molar refractivity (Wildman–Crippen MR) is 104 cm³/mol. The summed E-state index contributed by atoms with van der Waals surface area (Å²) in [7, 11) is 1.35. The van der Waals surface area contributed by atoms with Crippen LogP contribution in [0, 0.1) is 11.6 Å². The van der Waals surface area contributed by atoms with E-state index in [1.54, 1.807) is 6.08 Å². The largest absolute Gasteiger partial charge is 0.497 e. The molecule has 7 heteroatoms. The third-order valence-corrected chi connectivity index (χ3v) is 4.79. The fraction of sp³-hybridized carbons (Fsp3) is 0.238. The van der Waals surface area contributed by atoms with E-state index in [4.69, 9.17) is 16.2 Å². The van der Waals surface area contributed by atoms with Gasteiger partial charge >= 0.3 is 0 Å². The number of halogens is 2. The number of hydrogen-bond donors (Lipinski definition) is 2. The van der Waals surface area contributed by atoms with Gasteiger partial charge in [0.25, 0.3) is 5.91 Å². The molecular formula is C21H21F2N3O2. The molecule has 5 nitrogen and oxygen atoms in total. The van der Waals surface area contributed by atoms with E-state index in [1.807, 2.05) is 19.1 Å². The number of aliphatic imine (C=N–C) groups is 1. The van der Waals surface area contributed by atoms with E-state index >= 15 is 0 Å². The molecule has 146 valence electrons. The first-order valence-electron chi connectivity index (χ1n) is 8.79. The zero-order valence-electron chi connectivity index (χ0n) is 15.7. The molecule has 0 atom stereocenters. The minimum absolute atomic E-state index is 0.0990. The SMILES string of the molecule is COc1cc(F)c(C2=C(C)CCC3=C2C=C(C(=O)N=C(N)N)CC=C3)c(F)c1. The minimum Gasteiger partial charge on any atom is -0.497 e. The Hall–Kier alpha value is -3.22. The summed E-state index contributed by atoms with van der Waals surface area (Å²) < 4.78 is 34.6. The Labute approximate surface area is 161 Å². The summed E-state index contributed by atoms with van der Waals surface area (Å²) in [5, 5.41) is 0. The topological polar surface area (TPSA) is 90.7 Å². The number of carbonyl (C=O) groups excluding carboxylic acids is 1. The number of guanidine groups is 1. The summed E-state index contributed by atoms with van der Waals surface area (Å²) in [6, 6.07) is 2.30. The summed E-state index contributed by atoms with van der Waals surface area (Å²) in [6.45, 7) is 1.84. The van der Waals surface area contributed by atoms with Gasteiger partial charge in [-0.1, -0.05) is 17.7 Å². The first-order chi connectivity index (χ1) is 13.3. The quantitative estimate of drug-likeness (QED) is 0.615. The van der Waals surface area contributed by atoms with E-state index in [9.17, 15) is 13.6 Å². The van der Waals surface area contributed by atoms with Gasteiger partial charge in [0.05, 0.1) is 12.7 Å². The van der Waals surface area contributed by atoms with E-state index in [1.165, 1.54) is 7.11 Å². The Morgan fingerprint density at radius 3 is 2.46 bits per heavy atom. The second-order valence-electron chi connectivity index (χ2n) is 6.68. The van der Waals surface area contributed by atoms with Crippen molar-refractivity contribution in [3.05, 3.63) is 69.9 Å². The zero-order chi connectivity index (χ0) is 20.4. The number of nitrogens with zero attached hydrogens (tertiary/aromatic N) is 1. The normalized spacial score (nSPS) is 16.4. The summed E-state index contributed by atoms with van der Waals surface area (Å²) in [5.41, 5.74) is 13.6. The van der Waals surface area contributed by atoms with Gasteiger partial charge in [0, 0.05) is 17.7 Å². The minimum atomic E-state index is -0.723. The second kappa shape index (κ2) is 7.80. The number of rotatable bonds is 3. The van der Waals surface area contributed by atoms with Gasteiger partial charge in [0.1, 0.15) is 17.4 Å². The third kappa shape index (κ3) is 3.74. The lowest BCUT2D eigenvalue weighted by Gasteiger charge is -2.23. The van der Waals surface area contributed by atoms with Crippen LogP contribution in [0.4, 0.5) is 8.78 Å². The average Bonchev–Trinajstić information content (AvgIpc) is 2.84. The lowest BCUT2D eigenvalue weighted by molar-refractivity contribution is -0.114. The van der Waals surface area contributed by atoms with Gasteiger partial charge in [-0.05, 0) is 49.0 Å². The van der Waals surface area contributed by atoms with E-state index in [2.05, 4.69) is 4.99 Å². The molecule has 0 saturated carbocycles. The lowest BCUT2D eigenvalue weighted by Crippen LogP contribution is -2.24. The van der Waals surface area contributed by atoms with E-state index in [-0.39, 0.29) is 17.3 Å². The van der Waals surface area contributed by atoms with Crippen molar-refractivity contribution in [1.82, 2.24) is 0 Å². The summed E-state index contributed by atoms with van der Waals surface area (Å²) in [6.07, 6.45) is 7.03. The summed E-state index contributed by atoms with van der Waals surface area (Å²) in [4.78, 5) is 15.9. The van der Waals surface area contributed by atoms with Gasteiger partial charge in [0.15, 0.2) is 5.96 Å². The number of hydrogen-bond acceptors (Lipinski definition) is 2. The van der Waals surface area contributed by atoms with Crippen molar-refractivity contribution in [2.24, 2.45) is 16.5 Å². The molecule has 0 radical (unpaired) electrons. The number of benzene rings is 1. The Morgan fingerprint density at radius 1 is 1.18 bits per heavy atom. The molecule has 0 aliphatic heterocycles. The molecule has 2 aliphatic rings. The van der Waals surface area contributed by atoms with Crippen LogP contribution in [0.2, 0.25) is 0 Å². The van der Waals surface area contributed by atoms with Crippen molar-refractivity contribution in [2.75, 3.05) is 7.11 Å². The molecule has 4 N–H and O–H groups in total. The van der Waals surface area contributed by atoms with Crippen LogP contribution in [-0.4, -0.2) is 19.0 Å². The number of carbonyl (C=O) groups is 1. The van der Waals surface area contributed by atoms with Gasteiger partial charge in [-0.25, -0.2) is 8.78 Å². The van der Waals surface area contributed by atoms with Gasteiger partial charge in [0.2, 0.25) is 0 Å². The molecule has 0 heterocycles. The number of methoxy groups -OCH3 is 1. The predicted octanol–water partition coefficient (Wildman–Crippen LogP) is 3.52. The Kier molecular flexibility index (Phi) is 5.44. The van der Waals surface area contributed by atoms with Gasteiger partial charge in [-0.3, -0.25) is 4.79 Å². The highest BCUT2D eigenvalue weighted by atomic mass is 19.1. The molecule has 0 saturated heterocycles. The van der Waals surface area contributed by atoms with E-state index in [0.717, 1.165) is 23.3 Å². The maximum absolute atomic E-state index is 14.8. The van der Waals surface area contributed by atoms with Crippen LogP contribution < -0.4 is 16.2 Å². The van der Waals surface area contributed by atoms with Crippen molar-refractivity contribution in [2.45, 2.75) is 26.2 Å². The van der Waals surface area contributed by atoms with Crippen molar-refractivity contribution in [1.29, 1.82) is 0 Å². The molecule has 2 aliphatic carbocycles. The Bertz CT molecular complexity index is 974. The van der Waals surface area contributed by atoms with Gasteiger partial charge in [-0.15, -0.1) is 0 Å². The third-order valence-electron chi connectivity index (χ3n) is 4.79. The highest BCUT2D eigenvalue weighted by Gasteiger charge is 2.26. The molecule has 0 bridgehead atoms. The van der Waals surface area contributed by atoms with Crippen LogP contribution in [0.1, 0.15) is 31.7 Å². The highest BCUT2D eigenvalue weighted by Crippen LogP contribution is 2.42. The van der Waals surface area contributed by atoms with Crippen molar-refractivity contribution in [3.63, 3.8) is 0 Å². The molecule has 1 amide bonds. The fourth-order valence-corrected chi connectivity index (χ4v) is 3.46. The Balaban J connectivity index is 2.19. The maximum Gasteiger partial charge on any atom is 0.276 e. The number of amides is 1. The first-order valence-corrected chi connectivity index (χ1v) is 8.79. The zero-order valence-corrected chi connectivity index (χ0v) is 15.7. The van der Waals surface area contributed by atoms with E-state index in [0.29, 0.717) is 36.0 Å². The van der Waals surface area contributed by atoms with Crippen LogP contribution >= 0.6 is 0 Å². The molecule has 0 aromatic heterocycles. The molecule has 1 aromatic carbocycles.